The van der Waals surface area contributed by atoms with Crippen LogP contribution in [0.2, 0.25) is 0 Å². The summed E-state index contributed by atoms with van der Waals surface area (Å²) in [5.74, 6) is 0.326. The first kappa shape index (κ1) is 18.1. The molecule has 3 N–H and O–H groups in total. The molecule has 2 atom stereocenters. The number of imidazole rings is 1. The van der Waals surface area contributed by atoms with Gasteiger partial charge in [0.25, 0.3) is 0 Å². The van der Waals surface area contributed by atoms with E-state index in [1.54, 1.807) is 13.4 Å². The van der Waals surface area contributed by atoms with Crippen molar-refractivity contribution in [1.82, 2.24) is 15.3 Å². The fourth-order valence-corrected chi connectivity index (χ4v) is 3.42. The van der Waals surface area contributed by atoms with Crippen molar-refractivity contribution in [3.63, 3.8) is 0 Å². The van der Waals surface area contributed by atoms with Crippen LogP contribution in [0.3, 0.4) is 0 Å². The van der Waals surface area contributed by atoms with Gasteiger partial charge >= 0.3 is 5.97 Å². The fraction of sp³-hybridized carbons (Fsp3) is 0.238. The minimum absolute atomic E-state index is 0.346. The summed E-state index contributed by atoms with van der Waals surface area (Å²) in [6.07, 6.45) is 1.97. The number of fused-ring (bicyclic) bond motifs is 1. The van der Waals surface area contributed by atoms with E-state index in [4.69, 9.17) is 9.47 Å². The lowest BCUT2D eigenvalue weighted by Gasteiger charge is -2.28. The highest BCUT2D eigenvalue weighted by molar-refractivity contribution is 5.74. The molecule has 0 saturated carbocycles. The van der Waals surface area contributed by atoms with E-state index >= 15 is 0 Å². The Hall–Kier alpha value is -3.32. The van der Waals surface area contributed by atoms with Gasteiger partial charge in [-0.15, -0.1) is 0 Å². The number of hydrogen-bond acceptors (Lipinski definition) is 5. The highest BCUT2D eigenvalue weighted by Gasteiger charge is 2.33. The van der Waals surface area contributed by atoms with E-state index < -0.39 is 12.0 Å². The number of carboxylic acids is 1. The number of hydrogen-bond donors (Lipinski definition) is 3. The number of aromatic amines is 1. The van der Waals surface area contributed by atoms with Crippen LogP contribution in [0.4, 0.5) is 0 Å². The molecule has 0 saturated heterocycles. The van der Waals surface area contributed by atoms with Crippen molar-refractivity contribution in [2.75, 3.05) is 7.11 Å². The van der Waals surface area contributed by atoms with Crippen LogP contribution in [-0.4, -0.2) is 34.2 Å². The van der Waals surface area contributed by atoms with Crippen LogP contribution in [0.15, 0.2) is 54.9 Å². The molecule has 2 unspecified atom stereocenters. The Labute approximate surface area is 162 Å². The van der Waals surface area contributed by atoms with Crippen molar-refractivity contribution < 1.29 is 19.4 Å². The van der Waals surface area contributed by atoms with Gasteiger partial charge in [0.2, 0.25) is 0 Å². The maximum Gasteiger partial charge on any atom is 0.321 e. The second-order valence-corrected chi connectivity index (χ2v) is 6.65. The molecule has 4 rings (SSSR count). The van der Waals surface area contributed by atoms with Crippen LogP contribution < -0.4 is 14.8 Å². The molecule has 0 bridgehead atoms. The van der Waals surface area contributed by atoms with Crippen molar-refractivity contribution in [1.29, 1.82) is 0 Å². The summed E-state index contributed by atoms with van der Waals surface area (Å²) in [5.41, 5.74) is 3.55. The highest BCUT2D eigenvalue weighted by atomic mass is 16.5. The van der Waals surface area contributed by atoms with Crippen molar-refractivity contribution in [3.8, 4) is 11.5 Å². The number of ether oxygens (including phenoxy) is 2. The molecule has 1 aromatic heterocycles. The van der Waals surface area contributed by atoms with Gasteiger partial charge in [-0.2, -0.15) is 0 Å². The first-order valence-electron chi connectivity index (χ1n) is 9.01. The molecule has 0 radical (unpaired) electrons. The van der Waals surface area contributed by atoms with E-state index in [9.17, 15) is 9.90 Å². The van der Waals surface area contributed by atoms with Crippen molar-refractivity contribution in [2.24, 2.45) is 0 Å². The zero-order valence-electron chi connectivity index (χ0n) is 15.4. The summed E-state index contributed by atoms with van der Waals surface area (Å²) in [5, 5.41) is 12.6. The lowest BCUT2D eigenvalue weighted by molar-refractivity contribution is -0.139. The van der Waals surface area contributed by atoms with Crippen molar-refractivity contribution in [2.45, 2.75) is 25.1 Å². The van der Waals surface area contributed by atoms with Crippen LogP contribution in [-0.2, 0) is 17.8 Å². The van der Waals surface area contributed by atoms with E-state index in [1.807, 2.05) is 48.5 Å². The Bertz CT molecular complexity index is 971. The van der Waals surface area contributed by atoms with Gasteiger partial charge in [-0.25, -0.2) is 4.98 Å². The molecule has 2 heterocycles. The number of nitrogens with one attached hydrogen (secondary N) is 2. The molecule has 0 spiro atoms. The molecule has 1 aliphatic rings. The molecule has 1 aliphatic heterocycles. The Kier molecular flexibility index (Phi) is 4.99. The molecule has 7 nitrogen and oxygen atoms in total. The Balaban J connectivity index is 1.64. The van der Waals surface area contributed by atoms with Gasteiger partial charge in [-0.05, 0) is 23.3 Å². The summed E-state index contributed by atoms with van der Waals surface area (Å²) in [7, 11) is 1.59. The number of aromatic nitrogens is 2. The Morgan fingerprint density at radius 1 is 1.21 bits per heavy atom. The zero-order chi connectivity index (χ0) is 19.5. The summed E-state index contributed by atoms with van der Waals surface area (Å²) >= 11 is 0. The number of H-pyrrole nitrogens is 1. The summed E-state index contributed by atoms with van der Waals surface area (Å²) in [6, 6.07) is 14.4. The molecule has 0 fully saturated rings. The molecular formula is C21H21N3O4. The predicted octanol–water partition coefficient (Wildman–Crippen LogP) is 2.69. The average molecular weight is 379 g/mol. The molecule has 2 aromatic carbocycles. The van der Waals surface area contributed by atoms with Gasteiger partial charge < -0.3 is 19.6 Å². The summed E-state index contributed by atoms with van der Waals surface area (Å²) in [4.78, 5) is 19.0. The molecule has 0 amide bonds. The Morgan fingerprint density at radius 3 is 2.79 bits per heavy atom. The maximum absolute atomic E-state index is 11.5. The number of carbonyl (C=O) groups is 1. The molecule has 144 valence electrons. The number of nitrogens with zero attached hydrogens (tertiary/aromatic N) is 1. The third kappa shape index (κ3) is 3.57. The van der Waals surface area contributed by atoms with Crippen LogP contribution in [0, 0.1) is 0 Å². The monoisotopic (exact) mass is 379 g/mol. The molecule has 28 heavy (non-hydrogen) atoms. The standard InChI is InChI=1S/C21H21N3O4/c1-27-17-8-7-14(9-18(17)28-11-13-5-3-2-4-6-13)19-20-15(22-12-23-20)10-16(24-19)21(25)26/h2-9,12,16,19,24H,10-11H2,1H3,(H,22,23)(H,25,26). The summed E-state index contributed by atoms with van der Waals surface area (Å²) < 4.78 is 11.4. The minimum atomic E-state index is -0.890. The van der Waals surface area contributed by atoms with Gasteiger partial charge in [-0.1, -0.05) is 36.4 Å². The second kappa shape index (κ2) is 7.74. The van der Waals surface area contributed by atoms with Crippen LogP contribution >= 0.6 is 0 Å². The zero-order valence-corrected chi connectivity index (χ0v) is 15.4. The van der Waals surface area contributed by atoms with Gasteiger partial charge in [0, 0.05) is 12.1 Å². The average Bonchev–Trinajstić information content (AvgIpc) is 3.21. The minimum Gasteiger partial charge on any atom is -0.493 e. The van der Waals surface area contributed by atoms with Crippen molar-refractivity contribution in [3.05, 3.63) is 77.4 Å². The third-order valence-electron chi connectivity index (χ3n) is 4.86. The van der Waals surface area contributed by atoms with Gasteiger partial charge in [0.1, 0.15) is 12.6 Å². The number of rotatable bonds is 6. The largest absolute Gasteiger partial charge is 0.493 e. The maximum atomic E-state index is 11.5. The van der Waals surface area contributed by atoms with Gasteiger partial charge in [0.05, 0.1) is 25.2 Å². The number of methoxy groups -OCH3 is 1. The van der Waals surface area contributed by atoms with E-state index in [1.165, 1.54) is 0 Å². The lowest BCUT2D eigenvalue weighted by atomic mass is 9.94. The SMILES string of the molecule is COc1ccc(C2NC(C(=O)O)Cc3[nH]cnc32)cc1OCc1ccccc1. The van der Waals surface area contributed by atoms with Gasteiger partial charge in [-0.3, -0.25) is 10.1 Å². The highest BCUT2D eigenvalue weighted by Crippen LogP contribution is 2.35. The van der Waals surface area contributed by atoms with E-state index in [-0.39, 0.29) is 6.04 Å². The topological polar surface area (TPSA) is 96.5 Å². The summed E-state index contributed by atoms with van der Waals surface area (Å²) in [6.45, 7) is 0.407. The third-order valence-corrected chi connectivity index (χ3v) is 4.86. The molecule has 7 heteroatoms. The van der Waals surface area contributed by atoms with E-state index in [2.05, 4.69) is 15.3 Å². The number of benzene rings is 2. The van der Waals surface area contributed by atoms with Crippen LogP contribution in [0.25, 0.3) is 0 Å². The van der Waals surface area contributed by atoms with E-state index in [0.717, 1.165) is 22.5 Å². The lowest BCUT2D eigenvalue weighted by Crippen LogP contribution is -2.45. The second-order valence-electron chi connectivity index (χ2n) is 6.65. The van der Waals surface area contributed by atoms with E-state index in [0.29, 0.717) is 24.5 Å². The normalized spacial score (nSPS) is 18.3. The van der Waals surface area contributed by atoms with Crippen LogP contribution in [0.1, 0.15) is 28.6 Å². The first-order chi connectivity index (χ1) is 13.7. The van der Waals surface area contributed by atoms with Gasteiger partial charge in [0.15, 0.2) is 11.5 Å². The molecular weight excluding hydrogens is 358 g/mol. The number of carboxylic acid groups (broad SMARTS) is 1. The number of aliphatic carboxylic acids is 1. The predicted molar refractivity (Wildman–Crippen MR) is 102 cm³/mol. The smallest absolute Gasteiger partial charge is 0.321 e. The molecule has 0 aliphatic carbocycles. The van der Waals surface area contributed by atoms with Crippen molar-refractivity contribution >= 4 is 5.97 Å². The Morgan fingerprint density at radius 2 is 2.04 bits per heavy atom. The fourth-order valence-electron chi connectivity index (χ4n) is 3.42. The molecule has 3 aromatic rings. The quantitative estimate of drug-likeness (QED) is 0.609. The van der Waals surface area contributed by atoms with Crippen LogP contribution in [0.5, 0.6) is 11.5 Å². The first-order valence-corrected chi connectivity index (χ1v) is 9.01.